The number of benzene rings is 2. The van der Waals surface area contributed by atoms with Crippen molar-refractivity contribution in [3.05, 3.63) is 69.3 Å². The molecule has 1 saturated heterocycles. The number of rotatable bonds is 5. The smallest absolute Gasteiger partial charge is 0.421 e. The van der Waals surface area contributed by atoms with Gasteiger partial charge in [0.1, 0.15) is 0 Å². The zero-order chi connectivity index (χ0) is 23.6. The molecular weight excluding hydrogens is 428 g/mol. The fraction of sp³-hybridized carbons (Fsp3) is 0.391. The maximum atomic E-state index is 12.8. The largest absolute Gasteiger partial charge is 0.432 e. The summed E-state index contributed by atoms with van der Waals surface area (Å²) in [6.45, 7) is 3.76. The van der Waals surface area contributed by atoms with Crippen molar-refractivity contribution in [2.45, 2.75) is 58.2 Å². The van der Waals surface area contributed by atoms with E-state index in [0.29, 0.717) is 18.4 Å². The van der Waals surface area contributed by atoms with Crippen LogP contribution in [0.4, 0.5) is 21.0 Å². The predicted octanol–water partition coefficient (Wildman–Crippen LogP) is 5.20. The van der Waals surface area contributed by atoms with Gasteiger partial charge in [-0.3, -0.25) is 15.4 Å². The van der Waals surface area contributed by atoms with Crippen LogP contribution in [0.1, 0.15) is 48.8 Å². The van der Waals surface area contributed by atoms with Crippen molar-refractivity contribution in [2.75, 3.05) is 5.32 Å². The molecule has 0 bridgehead atoms. The van der Waals surface area contributed by atoms with Gasteiger partial charge in [0.2, 0.25) is 5.72 Å². The van der Waals surface area contributed by atoms with Crippen LogP contribution in [-0.2, 0) is 16.1 Å². The molecule has 33 heavy (non-hydrogen) atoms. The zero-order valence-electron chi connectivity index (χ0n) is 18.6. The highest BCUT2D eigenvalue weighted by atomic mass is 16.8. The molecule has 1 spiro atoms. The molecule has 1 saturated carbocycles. The highest BCUT2D eigenvalue weighted by Crippen LogP contribution is 2.41. The minimum Gasteiger partial charge on any atom is -0.421 e. The Labute approximate surface area is 191 Å². The summed E-state index contributed by atoms with van der Waals surface area (Å²) in [5.74, 6) is 0. The highest BCUT2D eigenvalue weighted by molar-refractivity contribution is 5.85. The van der Waals surface area contributed by atoms with Gasteiger partial charge in [-0.2, -0.15) is 5.01 Å². The van der Waals surface area contributed by atoms with Gasteiger partial charge in [0.25, 0.3) is 5.69 Å². The molecular formula is C23H26N4O6. The maximum Gasteiger partial charge on any atom is 0.432 e. The molecule has 10 heteroatoms. The van der Waals surface area contributed by atoms with Crippen LogP contribution in [0, 0.1) is 24.0 Å². The zero-order valence-corrected chi connectivity index (χ0v) is 18.6. The van der Waals surface area contributed by atoms with Gasteiger partial charge in [-0.25, -0.2) is 9.59 Å². The van der Waals surface area contributed by atoms with E-state index < -0.39 is 22.8 Å². The van der Waals surface area contributed by atoms with Gasteiger partial charge >= 0.3 is 12.2 Å². The van der Waals surface area contributed by atoms with Crippen LogP contribution in [0.5, 0.6) is 0 Å². The monoisotopic (exact) mass is 454 g/mol. The van der Waals surface area contributed by atoms with Crippen LogP contribution < -0.4 is 5.32 Å². The van der Waals surface area contributed by atoms with Crippen molar-refractivity contribution >= 4 is 23.6 Å². The van der Waals surface area contributed by atoms with Gasteiger partial charge in [-0.05, 0) is 38.3 Å². The minimum atomic E-state index is -1.06. The first-order valence-electron chi connectivity index (χ1n) is 10.9. The molecule has 0 radical (unpaired) electrons. The third kappa shape index (κ3) is 4.75. The first kappa shape index (κ1) is 22.5. The number of amides is 2. The van der Waals surface area contributed by atoms with Gasteiger partial charge in [0, 0.05) is 29.6 Å². The minimum absolute atomic E-state index is 0.114. The number of ether oxygens (including phenoxy) is 1. The van der Waals surface area contributed by atoms with Crippen molar-refractivity contribution in [3.8, 4) is 0 Å². The Morgan fingerprint density at radius 1 is 1.15 bits per heavy atom. The lowest BCUT2D eigenvalue weighted by atomic mass is 9.92. The van der Waals surface area contributed by atoms with E-state index in [2.05, 4.69) is 5.32 Å². The van der Waals surface area contributed by atoms with Crippen LogP contribution in [0.3, 0.4) is 0 Å². The first-order chi connectivity index (χ1) is 15.8. The fourth-order valence-electron chi connectivity index (χ4n) is 4.18. The number of hydrogen-bond donors (Lipinski definition) is 1. The lowest BCUT2D eigenvalue weighted by molar-refractivity contribution is -0.385. The molecule has 2 fully saturated rings. The van der Waals surface area contributed by atoms with Crippen LogP contribution in [0.25, 0.3) is 0 Å². The van der Waals surface area contributed by atoms with Gasteiger partial charge in [-0.15, -0.1) is 0 Å². The third-order valence-corrected chi connectivity index (χ3v) is 5.97. The van der Waals surface area contributed by atoms with Crippen molar-refractivity contribution in [3.63, 3.8) is 0 Å². The van der Waals surface area contributed by atoms with E-state index in [1.54, 1.807) is 19.1 Å². The molecule has 1 N–H and O–H groups in total. The van der Waals surface area contributed by atoms with Crippen molar-refractivity contribution in [1.29, 1.82) is 0 Å². The molecule has 1 aliphatic carbocycles. The molecule has 2 aromatic rings. The highest BCUT2D eigenvalue weighted by Gasteiger charge is 2.55. The Kier molecular flexibility index (Phi) is 6.19. The number of anilines is 1. The lowest BCUT2D eigenvalue weighted by Gasteiger charge is -2.37. The van der Waals surface area contributed by atoms with Crippen LogP contribution in [0.15, 0.2) is 42.5 Å². The molecule has 2 aliphatic rings. The second kappa shape index (κ2) is 9.07. The summed E-state index contributed by atoms with van der Waals surface area (Å²) in [5.41, 5.74) is 1.46. The molecule has 0 atom stereocenters. The number of carbonyl (C=O) groups is 2. The van der Waals surface area contributed by atoms with E-state index in [-0.39, 0.29) is 17.9 Å². The fourth-order valence-corrected chi connectivity index (χ4v) is 4.18. The van der Waals surface area contributed by atoms with Crippen molar-refractivity contribution < 1.29 is 24.1 Å². The third-order valence-electron chi connectivity index (χ3n) is 5.97. The van der Waals surface area contributed by atoms with E-state index >= 15 is 0 Å². The predicted molar refractivity (Wildman–Crippen MR) is 119 cm³/mol. The Balaban J connectivity index is 1.56. The number of carbonyl (C=O) groups excluding carboxylic acids is 2. The van der Waals surface area contributed by atoms with Gasteiger partial charge in [0.15, 0.2) is 0 Å². The summed E-state index contributed by atoms with van der Waals surface area (Å²) in [5, 5.41) is 16.3. The second-order valence-corrected chi connectivity index (χ2v) is 8.45. The number of nitrogens with zero attached hydrogens (tertiary/aromatic N) is 3. The van der Waals surface area contributed by atoms with E-state index in [1.165, 1.54) is 16.2 Å². The summed E-state index contributed by atoms with van der Waals surface area (Å²) < 4.78 is 5.75. The van der Waals surface area contributed by atoms with Crippen molar-refractivity contribution in [1.82, 2.24) is 10.2 Å². The van der Waals surface area contributed by atoms with E-state index in [9.17, 15) is 19.7 Å². The summed E-state index contributed by atoms with van der Waals surface area (Å²) in [6.07, 6.45) is 2.28. The lowest BCUT2D eigenvalue weighted by Crippen LogP contribution is -2.52. The SMILES string of the molecule is Cc1ccc(CN2C(=O)OC3(CCCCC3)N2OC(=O)Nc2ccc(C)c([N+](=O)[O-])c2)cc1. The number of hydrogen-bond acceptors (Lipinski definition) is 7. The Morgan fingerprint density at radius 2 is 1.85 bits per heavy atom. The first-order valence-corrected chi connectivity index (χ1v) is 10.9. The summed E-state index contributed by atoms with van der Waals surface area (Å²) in [4.78, 5) is 41.9. The van der Waals surface area contributed by atoms with Crippen LogP contribution >= 0.6 is 0 Å². The molecule has 2 amide bonds. The van der Waals surface area contributed by atoms with Gasteiger partial charge < -0.3 is 9.57 Å². The Morgan fingerprint density at radius 3 is 2.52 bits per heavy atom. The average molecular weight is 454 g/mol. The number of hydrazine groups is 1. The molecule has 4 rings (SSSR count). The number of hydroxylamine groups is 1. The van der Waals surface area contributed by atoms with Crippen molar-refractivity contribution in [2.24, 2.45) is 0 Å². The topological polar surface area (TPSA) is 114 Å². The molecule has 2 aromatic carbocycles. The van der Waals surface area contributed by atoms with E-state index in [0.717, 1.165) is 30.4 Å². The molecule has 1 aliphatic heterocycles. The summed E-state index contributed by atoms with van der Waals surface area (Å²) in [7, 11) is 0. The maximum absolute atomic E-state index is 12.8. The average Bonchev–Trinajstić information content (AvgIpc) is 3.01. The quantitative estimate of drug-likeness (QED) is 0.487. The van der Waals surface area contributed by atoms with Crippen LogP contribution in [0.2, 0.25) is 0 Å². The number of nitro groups is 1. The Hall–Kier alpha value is -3.66. The summed E-state index contributed by atoms with van der Waals surface area (Å²) in [6, 6.07) is 12.0. The molecule has 174 valence electrons. The van der Waals surface area contributed by atoms with Crippen LogP contribution in [-0.4, -0.2) is 33.0 Å². The van der Waals surface area contributed by atoms with E-state index in [1.807, 2.05) is 31.2 Å². The van der Waals surface area contributed by atoms with Gasteiger partial charge in [0.05, 0.1) is 17.2 Å². The molecule has 10 nitrogen and oxygen atoms in total. The number of aryl methyl sites for hydroxylation is 2. The number of nitrogens with one attached hydrogen (secondary N) is 1. The second-order valence-electron chi connectivity index (χ2n) is 8.45. The molecule has 0 unspecified atom stereocenters. The van der Waals surface area contributed by atoms with E-state index in [4.69, 9.17) is 9.57 Å². The van der Waals surface area contributed by atoms with Gasteiger partial charge in [-0.1, -0.05) is 42.3 Å². The summed E-state index contributed by atoms with van der Waals surface area (Å²) >= 11 is 0. The standard InChI is InChI=1S/C23H26N4O6/c1-16-6-9-18(10-7-16)15-25-22(29)32-23(12-4-3-5-13-23)27(25)33-21(28)24-19-11-8-17(2)20(14-19)26(30)31/h6-11,14H,3-5,12-13,15H2,1-2H3,(H,24,28). The number of nitro benzene ring substituents is 1. The Bertz CT molecular complexity index is 1070. The molecule has 0 aromatic heterocycles. The molecule has 1 heterocycles. The normalized spacial score (nSPS) is 17.6.